The standard InChI is InChI=1S/C13H32O2Si2/c1-11(14)10-12(15-16(5,6)7)17(8,9)13(2,3)4/h11-12,14H,10H2,1-9H3/t11-,12+/m1/s1. The molecular formula is C13H32O2Si2. The van der Waals surface area contributed by atoms with Crippen molar-refractivity contribution in [3.63, 3.8) is 0 Å². The lowest BCUT2D eigenvalue weighted by Gasteiger charge is -2.45. The Bertz CT molecular complexity index is 237. The summed E-state index contributed by atoms with van der Waals surface area (Å²) in [5.74, 6) is 0. The molecule has 4 heteroatoms. The lowest BCUT2D eigenvalue weighted by Crippen LogP contribution is -2.54. The van der Waals surface area contributed by atoms with E-state index in [9.17, 15) is 5.11 Å². The highest BCUT2D eigenvalue weighted by atomic mass is 28.4. The molecule has 0 fully saturated rings. The van der Waals surface area contributed by atoms with Gasteiger partial charge in [-0.1, -0.05) is 33.9 Å². The fourth-order valence-electron chi connectivity index (χ4n) is 1.71. The molecule has 1 N–H and O–H groups in total. The van der Waals surface area contributed by atoms with E-state index in [4.69, 9.17) is 4.43 Å². The van der Waals surface area contributed by atoms with E-state index in [1.165, 1.54) is 0 Å². The minimum absolute atomic E-state index is 0.258. The van der Waals surface area contributed by atoms with Crippen molar-refractivity contribution >= 4 is 16.4 Å². The van der Waals surface area contributed by atoms with Crippen molar-refractivity contribution in [2.24, 2.45) is 0 Å². The van der Waals surface area contributed by atoms with Crippen LogP contribution in [0.2, 0.25) is 37.8 Å². The molecular weight excluding hydrogens is 244 g/mol. The van der Waals surface area contributed by atoms with Gasteiger partial charge in [-0.15, -0.1) is 0 Å². The van der Waals surface area contributed by atoms with Crippen LogP contribution in [0.25, 0.3) is 0 Å². The second kappa shape index (κ2) is 5.55. The molecule has 0 amide bonds. The zero-order valence-corrected chi connectivity index (χ0v) is 15.2. The molecule has 0 aliphatic rings. The summed E-state index contributed by atoms with van der Waals surface area (Å²) in [6.45, 7) is 20.3. The highest BCUT2D eigenvalue weighted by Crippen LogP contribution is 2.41. The van der Waals surface area contributed by atoms with Gasteiger partial charge in [0.25, 0.3) is 0 Å². The largest absolute Gasteiger partial charge is 0.418 e. The average Bonchev–Trinajstić information content (AvgIpc) is 1.96. The fourth-order valence-corrected chi connectivity index (χ4v) is 6.79. The van der Waals surface area contributed by atoms with Gasteiger partial charge in [0.2, 0.25) is 0 Å². The molecule has 0 aromatic carbocycles. The van der Waals surface area contributed by atoms with Gasteiger partial charge in [-0.2, -0.15) is 0 Å². The molecule has 0 unspecified atom stereocenters. The topological polar surface area (TPSA) is 29.5 Å². The molecule has 0 aromatic heterocycles. The number of aliphatic hydroxyl groups is 1. The Morgan fingerprint density at radius 3 is 1.71 bits per heavy atom. The predicted molar refractivity (Wildman–Crippen MR) is 81.7 cm³/mol. The van der Waals surface area contributed by atoms with Gasteiger partial charge in [0.05, 0.1) is 14.2 Å². The minimum atomic E-state index is -1.55. The van der Waals surface area contributed by atoms with E-state index >= 15 is 0 Å². The molecule has 0 spiro atoms. The van der Waals surface area contributed by atoms with E-state index in [0.29, 0.717) is 5.04 Å². The highest BCUT2D eigenvalue weighted by Gasteiger charge is 2.44. The van der Waals surface area contributed by atoms with Gasteiger partial charge in [-0.25, -0.2) is 0 Å². The second-order valence-electron chi connectivity index (χ2n) is 7.78. The lowest BCUT2D eigenvalue weighted by molar-refractivity contribution is 0.132. The van der Waals surface area contributed by atoms with Crippen molar-refractivity contribution in [1.29, 1.82) is 0 Å². The molecule has 0 bridgehead atoms. The zero-order valence-electron chi connectivity index (χ0n) is 13.2. The monoisotopic (exact) mass is 276 g/mol. The SMILES string of the molecule is C[C@@H](O)C[C@@H](O[Si](C)(C)C)[Si](C)(C)C(C)(C)C. The molecule has 0 aliphatic carbocycles. The number of hydrogen-bond donors (Lipinski definition) is 1. The fraction of sp³-hybridized carbons (Fsp3) is 1.00. The third-order valence-corrected chi connectivity index (χ3v) is 10.8. The quantitative estimate of drug-likeness (QED) is 0.768. The van der Waals surface area contributed by atoms with Crippen LogP contribution in [0.3, 0.4) is 0 Å². The van der Waals surface area contributed by atoms with Crippen molar-refractivity contribution < 1.29 is 9.53 Å². The summed E-state index contributed by atoms with van der Waals surface area (Å²) in [6, 6.07) is 0. The summed E-state index contributed by atoms with van der Waals surface area (Å²) in [6.07, 6.45) is 0.506. The summed E-state index contributed by atoms with van der Waals surface area (Å²) in [7, 11) is -3.11. The van der Waals surface area contributed by atoms with Crippen LogP contribution >= 0.6 is 0 Å². The maximum atomic E-state index is 9.71. The van der Waals surface area contributed by atoms with Crippen LogP contribution in [0, 0.1) is 0 Å². The summed E-state index contributed by atoms with van der Waals surface area (Å²) < 4.78 is 6.38. The van der Waals surface area contributed by atoms with Crippen LogP contribution in [0.4, 0.5) is 0 Å². The van der Waals surface area contributed by atoms with E-state index in [2.05, 4.69) is 53.5 Å². The normalized spacial score (nSPS) is 18.0. The molecule has 2 nitrogen and oxygen atoms in total. The minimum Gasteiger partial charge on any atom is -0.418 e. The summed E-state index contributed by atoms with van der Waals surface area (Å²) in [5.41, 5.74) is 0.258. The first kappa shape index (κ1) is 17.4. The molecule has 0 heterocycles. The zero-order chi connectivity index (χ0) is 14.1. The van der Waals surface area contributed by atoms with Gasteiger partial charge < -0.3 is 9.53 Å². The first-order chi connectivity index (χ1) is 7.27. The Morgan fingerprint density at radius 1 is 1.06 bits per heavy atom. The smallest absolute Gasteiger partial charge is 0.183 e. The van der Waals surface area contributed by atoms with Crippen LogP contribution in [-0.2, 0) is 4.43 Å². The van der Waals surface area contributed by atoms with E-state index in [1.54, 1.807) is 0 Å². The second-order valence-corrected chi connectivity index (χ2v) is 17.8. The Labute approximate surface area is 110 Å². The Morgan fingerprint density at radius 2 is 1.47 bits per heavy atom. The van der Waals surface area contributed by atoms with Crippen LogP contribution in [0.5, 0.6) is 0 Å². The molecule has 17 heavy (non-hydrogen) atoms. The Balaban J connectivity index is 5.04. The summed E-state index contributed by atoms with van der Waals surface area (Å²) in [5, 5.41) is 10.0. The molecule has 0 rings (SSSR count). The van der Waals surface area contributed by atoms with E-state index in [0.717, 1.165) is 6.42 Å². The van der Waals surface area contributed by atoms with Gasteiger partial charge in [-0.3, -0.25) is 0 Å². The van der Waals surface area contributed by atoms with Crippen molar-refractivity contribution in [2.75, 3.05) is 0 Å². The van der Waals surface area contributed by atoms with Crippen molar-refractivity contribution in [2.45, 2.75) is 83.7 Å². The number of hydrogen-bond acceptors (Lipinski definition) is 2. The number of rotatable bonds is 5. The predicted octanol–water partition coefficient (Wildman–Crippen LogP) is 4.03. The Kier molecular flexibility index (Phi) is 5.67. The molecule has 0 aromatic rings. The lowest BCUT2D eigenvalue weighted by atomic mass is 10.2. The first-order valence-electron chi connectivity index (χ1n) is 6.63. The van der Waals surface area contributed by atoms with Gasteiger partial charge in [0, 0.05) is 5.73 Å². The highest BCUT2D eigenvalue weighted by molar-refractivity contribution is 6.82. The van der Waals surface area contributed by atoms with Gasteiger partial charge in [0.1, 0.15) is 0 Å². The average molecular weight is 277 g/mol. The molecule has 0 aliphatic heterocycles. The number of aliphatic hydroxyl groups excluding tert-OH is 1. The van der Waals surface area contributed by atoms with E-state index < -0.39 is 16.4 Å². The first-order valence-corrected chi connectivity index (χ1v) is 13.1. The van der Waals surface area contributed by atoms with Crippen molar-refractivity contribution in [3.8, 4) is 0 Å². The maximum Gasteiger partial charge on any atom is 0.183 e. The Hall–Kier alpha value is 0.354. The van der Waals surface area contributed by atoms with Gasteiger partial charge in [-0.05, 0) is 38.0 Å². The van der Waals surface area contributed by atoms with Crippen LogP contribution < -0.4 is 0 Å². The van der Waals surface area contributed by atoms with Gasteiger partial charge >= 0.3 is 0 Å². The van der Waals surface area contributed by atoms with E-state index in [1.807, 2.05) is 6.92 Å². The van der Waals surface area contributed by atoms with Gasteiger partial charge in [0.15, 0.2) is 8.32 Å². The third kappa shape index (κ3) is 5.68. The molecule has 0 radical (unpaired) electrons. The van der Waals surface area contributed by atoms with Crippen LogP contribution in [-0.4, -0.2) is 33.3 Å². The maximum absolute atomic E-state index is 9.71. The summed E-state index contributed by atoms with van der Waals surface area (Å²) in [4.78, 5) is 0. The summed E-state index contributed by atoms with van der Waals surface area (Å²) >= 11 is 0. The van der Waals surface area contributed by atoms with Crippen molar-refractivity contribution in [1.82, 2.24) is 0 Å². The van der Waals surface area contributed by atoms with E-state index in [-0.39, 0.29) is 11.8 Å². The molecule has 0 saturated carbocycles. The van der Waals surface area contributed by atoms with Crippen molar-refractivity contribution in [3.05, 3.63) is 0 Å². The molecule has 104 valence electrons. The third-order valence-electron chi connectivity index (χ3n) is 3.79. The van der Waals surface area contributed by atoms with Crippen LogP contribution in [0.15, 0.2) is 0 Å². The van der Waals surface area contributed by atoms with Crippen LogP contribution in [0.1, 0.15) is 34.1 Å². The molecule has 0 saturated heterocycles. The molecule has 2 atom stereocenters.